The Hall–Kier alpha value is -4.76. The Morgan fingerprint density at radius 2 is 1.68 bits per heavy atom. The van der Waals surface area contributed by atoms with Crippen LogP contribution in [-0.2, 0) is 10.0 Å². The highest BCUT2D eigenvalue weighted by atomic mass is 32.2. The van der Waals surface area contributed by atoms with Gasteiger partial charge in [0.2, 0.25) is 10.0 Å². The van der Waals surface area contributed by atoms with E-state index in [0.717, 1.165) is 22.1 Å². The maximum Gasteiger partial charge on any atom is 0.250 e. The summed E-state index contributed by atoms with van der Waals surface area (Å²) in [6, 6.07) is 24.5. The van der Waals surface area contributed by atoms with Gasteiger partial charge in [-0.2, -0.15) is 0 Å². The molecule has 8 nitrogen and oxygen atoms in total. The smallest absolute Gasteiger partial charge is 0.250 e. The number of benzene rings is 3. The molecule has 0 fully saturated rings. The van der Waals surface area contributed by atoms with Crippen LogP contribution in [0, 0.1) is 6.92 Å². The van der Waals surface area contributed by atoms with Gasteiger partial charge in [-0.05, 0) is 31.0 Å². The summed E-state index contributed by atoms with van der Waals surface area (Å²) in [6.07, 6.45) is 4.50. The van der Waals surface area contributed by atoms with Crippen LogP contribution in [0.3, 0.4) is 0 Å². The van der Waals surface area contributed by atoms with Gasteiger partial charge in [0.1, 0.15) is 17.1 Å². The molecule has 3 heterocycles. The van der Waals surface area contributed by atoms with Gasteiger partial charge in [-0.25, -0.2) is 27.3 Å². The highest BCUT2D eigenvalue weighted by molar-refractivity contribution is 7.90. The predicted octanol–water partition coefficient (Wildman–Crippen LogP) is 6.56. The van der Waals surface area contributed by atoms with E-state index in [0.29, 0.717) is 33.8 Å². The van der Waals surface area contributed by atoms with Crippen molar-refractivity contribution in [3.8, 4) is 11.1 Å². The molecular formula is C31H28N6O2S. The minimum atomic E-state index is -4.03. The number of nitrogens with zero attached hydrogens (tertiary/aromatic N) is 4. The molecule has 6 aromatic rings. The molecule has 0 aliphatic rings. The fourth-order valence-electron chi connectivity index (χ4n) is 5.25. The Labute approximate surface area is 232 Å². The number of para-hydroxylation sites is 1. The largest absolute Gasteiger partial charge is 0.360 e. The van der Waals surface area contributed by atoms with Crippen LogP contribution in [0.2, 0.25) is 0 Å². The number of aromatic nitrogens is 5. The van der Waals surface area contributed by atoms with Gasteiger partial charge in [-0.1, -0.05) is 84.4 Å². The van der Waals surface area contributed by atoms with Crippen LogP contribution in [0.1, 0.15) is 35.0 Å². The van der Waals surface area contributed by atoms with E-state index in [1.807, 2.05) is 92.7 Å². The summed E-state index contributed by atoms with van der Waals surface area (Å²) in [5.74, 6) is 0.505. The third-order valence-electron chi connectivity index (χ3n) is 7.11. The Morgan fingerprint density at radius 1 is 0.950 bits per heavy atom. The summed E-state index contributed by atoms with van der Waals surface area (Å²) in [5.41, 5.74) is 5.80. The predicted molar refractivity (Wildman–Crippen MR) is 160 cm³/mol. The van der Waals surface area contributed by atoms with E-state index in [1.165, 1.54) is 16.4 Å². The number of aryl methyl sites for hydroxylation is 1. The molecule has 0 saturated heterocycles. The minimum Gasteiger partial charge on any atom is -0.360 e. The number of aromatic amines is 1. The van der Waals surface area contributed by atoms with Gasteiger partial charge in [0, 0.05) is 10.9 Å². The fourth-order valence-corrected chi connectivity index (χ4v) is 7.18. The van der Waals surface area contributed by atoms with Crippen LogP contribution in [0.4, 0.5) is 5.82 Å². The molecule has 0 aliphatic heterocycles. The summed E-state index contributed by atoms with van der Waals surface area (Å²) in [4.78, 5) is 16.0. The van der Waals surface area contributed by atoms with Crippen LogP contribution < -0.4 is 5.32 Å². The molecular weight excluding hydrogens is 520 g/mol. The molecule has 3 aromatic heterocycles. The van der Waals surface area contributed by atoms with Crippen molar-refractivity contribution in [2.24, 2.45) is 0 Å². The number of rotatable bonds is 8. The summed E-state index contributed by atoms with van der Waals surface area (Å²) in [5, 5.41) is 3.30. The highest BCUT2D eigenvalue weighted by Gasteiger charge is 2.34. The third kappa shape index (κ3) is 4.24. The lowest BCUT2D eigenvalue weighted by molar-refractivity contribution is 0.579. The number of hydrogen-bond donors (Lipinski definition) is 2. The topological polar surface area (TPSA) is 106 Å². The van der Waals surface area contributed by atoms with Crippen molar-refractivity contribution in [3.63, 3.8) is 0 Å². The normalized spacial score (nSPS) is 13.3. The van der Waals surface area contributed by atoms with E-state index >= 15 is 0 Å². The molecule has 9 heteroatoms. The molecule has 0 bridgehead atoms. The lowest BCUT2D eigenvalue weighted by atomic mass is 9.99. The second-order valence-corrected chi connectivity index (χ2v) is 11.6. The van der Waals surface area contributed by atoms with Crippen LogP contribution in [0.15, 0.2) is 104 Å². The van der Waals surface area contributed by atoms with Crippen molar-refractivity contribution in [1.29, 1.82) is 0 Å². The molecule has 2 unspecified atom stereocenters. The molecule has 0 radical (unpaired) electrons. The lowest BCUT2D eigenvalue weighted by Gasteiger charge is -2.23. The van der Waals surface area contributed by atoms with E-state index in [2.05, 4.69) is 31.8 Å². The molecule has 2 N–H and O–H groups in total. The average molecular weight is 549 g/mol. The van der Waals surface area contributed by atoms with Crippen molar-refractivity contribution >= 4 is 37.9 Å². The fraction of sp³-hybridized carbons (Fsp3) is 0.129. The second-order valence-electron chi connectivity index (χ2n) is 9.71. The highest BCUT2D eigenvalue weighted by Crippen LogP contribution is 2.42. The molecule has 0 aliphatic carbocycles. The first-order chi connectivity index (χ1) is 19.4. The Bertz CT molecular complexity index is 1940. The summed E-state index contributed by atoms with van der Waals surface area (Å²) >= 11 is 0. The van der Waals surface area contributed by atoms with E-state index in [9.17, 15) is 8.42 Å². The van der Waals surface area contributed by atoms with Crippen molar-refractivity contribution < 1.29 is 8.42 Å². The molecule has 6 rings (SSSR count). The number of hydrogen-bond acceptors (Lipinski definition) is 6. The Balaban J connectivity index is 1.62. The third-order valence-corrected chi connectivity index (χ3v) is 9.11. The molecule has 0 spiro atoms. The number of H-pyrrole nitrogens is 1. The van der Waals surface area contributed by atoms with Gasteiger partial charge in [0.25, 0.3) is 0 Å². The zero-order chi connectivity index (χ0) is 27.9. The van der Waals surface area contributed by atoms with Gasteiger partial charge in [-0.3, -0.25) is 0 Å². The molecule has 40 heavy (non-hydrogen) atoms. The van der Waals surface area contributed by atoms with Crippen LogP contribution >= 0.6 is 0 Å². The molecule has 0 saturated carbocycles. The summed E-state index contributed by atoms with van der Waals surface area (Å²) in [6.45, 7) is 7.84. The first-order valence-electron chi connectivity index (χ1n) is 12.9. The van der Waals surface area contributed by atoms with Gasteiger partial charge in [-0.15, -0.1) is 6.58 Å². The SMILES string of the molecule is C=CC(c1ccc(C)cc1)S(=O)(=O)n1c(C(C)Nc2ncnc3[nH]cnc23)c(-c2ccccc2)c2ccccc21. The summed E-state index contributed by atoms with van der Waals surface area (Å²) in [7, 11) is -4.03. The van der Waals surface area contributed by atoms with Gasteiger partial charge in [0.05, 0.1) is 23.6 Å². The van der Waals surface area contributed by atoms with Crippen molar-refractivity contribution in [1.82, 2.24) is 23.9 Å². The Morgan fingerprint density at radius 3 is 2.42 bits per heavy atom. The average Bonchev–Trinajstić information content (AvgIpc) is 3.59. The van der Waals surface area contributed by atoms with Crippen molar-refractivity contribution in [2.45, 2.75) is 25.1 Å². The number of fused-ring (bicyclic) bond motifs is 2. The van der Waals surface area contributed by atoms with E-state index < -0.39 is 21.3 Å². The van der Waals surface area contributed by atoms with E-state index in [4.69, 9.17) is 0 Å². The lowest BCUT2D eigenvalue weighted by Crippen LogP contribution is -2.24. The quantitative estimate of drug-likeness (QED) is 0.209. The van der Waals surface area contributed by atoms with Crippen LogP contribution in [0.25, 0.3) is 33.2 Å². The first kappa shape index (κ1) is 25.5. The molecule has 0 amide bonds. The molecule has 3 aromatic carbocycles. The monoisotopic (exact) mass is 548 g/mol. The van der Waals surface area contributed by atoms with E-state index in [1.54, 1.807) is 6.33 Å². The zero-order valence-corrected chi connectivity index (χ0v) is 22.9. The van der Waals surface area contributed by atoms with Gasteiger partial charge < -0.3 is 10.3 Å². The summed E-state index contributed by atoms with van der Waals surface area (Å²) < 4.78 is 30.8. The maximum atomic E-state index is 14.7. The van der Waals surface area contributed by atoms with Crippen LogP contribution in [0.5, 0.6) is 0 Å². The number of nitrogens with one attached hydrogen (secondary N) is 2. The van der Waals surface area contributed by atoms with Gasteiger partial charge in [0.15, 0.2) is 11.5 Å². The van der Waals surface area contributed by atoms with E-state index in [-0.39, 0.29) is 0 Å². The molecule has 2 atom stereocenters. The van der Waals surface area contributed by atoms with Crippen molar-refractivity contribution in [2.75, 3.05) is 5.32 Å². The van der Waals surface area contributed by atoms with Crippen molar-refractivity contribution in [3.05, 3.63) is 121 Å². The maximum absolute atomic E-state index is 14.7. The zero-order valence-electron chi connectivity index (χ0n) is 22.1. The minimum absolute atomic E-state index is 0.490. The first-order valence-corrected chi connectivity index (χ1v) is 14.4. The molecule has 200 valence electrons. The Kier molecular flexibility index (Phi) is 6.43. The van der Waals surface area contributed by atoms with Gasteiger partial charge >= 0.3 is 0 Å². The standard InChI is InChI=1S/C31H28N6O2S/c1-4-26(22-16-14-20(2)15-17-22)40(38,39)37-25-13-9-8-12-24(25)27(23-10-6-5-7-11-23)29(37)21(3)36-31-28-30(33-18-32-28)34-19-35-31/h4-19,21,26H,1H2,2-3H3,(H2,32,33,34,35,36). The number of anilines is 1. The second kappa shape index (κ2) is 10.1. The van der Waals surface area contributed by atoms with Crippen LogP contribution in [-0.4, -0.2) is 32.3 Å². The number of imidazole rings is 1.